The summed E-state index contributed by atoms with van der Waals surface area (Å²) in [4.78, 5) is 2.26. The number of fused-ring (bicyclic) bond motifs is 3. The minimum Gasteiger partial charge on any atom is -0.371 e. The predicted molar refractivity (Wildman–Crippen MR) is 91.7 cm³/mol. The molecule has 0 spiro atoms. The van der Waals surface area contributed by atoms with Gasteiger partial charge in [0.2, 0.25) is 0 Å². The summed E-state index contributed by atoms with van der Waals surface area (Å²) >= 11 is 0. The van der Waals surface area contributed by atoms with Crippen LogP contribution in [0.3, 0.4) is 0 Å². The fourth-order valence-corrected chi connectivity index (χ4v) is 3.86. The third-order valence-corrected chi connectivity index (χ3v) is 4.95. The van der Waals surface area contributed by atoms with E-state index in [9.17, 15) is 13.2 Å². The van der Waals surface area contributed by atoms with E-state index in [1.54, 1.807) is 0 Å². The number of alkyl halides is 3. The number of hydrogen-bond acceptors (Lipinski definition) is 2. The molecule has 0 unspecified atom stereocenters. The summed E-state index contributed by atoms with van der Waals surface area (Å²) < 4.78 is 45.4. The first-order valence-electron chi connectivity index (χ1n) is 8.09. The van der Waals surface area contributed by atoms with Gasteiger partial charge in [0.25, 0.3) is 0 Å². The number of rotatable bonds is 2. The van der Waals surface area contributed by atoms with Gasteiger partial charge in [-0.15, -0.1) is 12.4 Å². The quantitative estimate of drug-likeness (QED) is 0.765. The topological polar surface area (TPSA) is 12.5 Å². The van der Waals surface area contributed by atoms with Gasteiger partial charge in [0, 0.05) is 25.6 Å². The molecule has 0 amide bonds. The van der Waals surface area contributed by atoms with Gasteiger partial charge in [-0.1, -0.05) is 42.5 Å². The third-order valence-electron chi connectivity index (χ3n) is 4.95. The van der Waals surface area contributed by atoms with E-state index in [-0.39, 0.29) is 31.0 Å². The lowest BCUT2D eigenvalue weighted by molar-refractivity contribution is -0.139. The Labute approximate surface area is 151 Å². The van der Waals surface area contributed by atoms with Crippen molar-refractivity contribution in [1.82, 2.24) is 4.90 Å². The van der Waals surface area contributed by atoms with Crippen LogP contribution in [0.15, 0.2) is 48.5 Å². The molecule has 1 fully saturated rings. The summed E-state index contributed by atoms with van der Waals surface area (Å²) in [5.41, 5.74) is 1.77. The lowest BCUT2D eigenvalue weighted by Gasteiger charge is -2.29. The molecule has 2 nitrogen and oxygen atoms in total. The van der Waals surface area contributed by atoms with Crippen LogP contribution in [0.4, 0.5) is 13.2 Å². The van der Waals surface area contributed by atoms with E-state index >= 15 is 0 Å². The number of halogens is 4. The molecule has 0 N–H and O–H groups in total. The van der Waals surface area contributed by atoms with E-state index in [1.807, 2.05) is 24.3 Å². The summed E-state index contributed by atoms with van der Waals surface area (Å²) in [7, 11) is 0. The van der Waals surface area contributed by atoms with Crippen LogP contribution in [0.25, 0.3) is 0 Å². The number of hydrogen-bond donors (Lipinski definition) is 0. The molecule has 6 heteroatoms. The predicted octanol–water partition coefficient (Wildman–Crippen LogP) is 4.63. The van der Waals surface area contributed by atoms with Crippen LogP contribution in [0.1, 0.15) is 28.2 Å². The Hall–Kier alpha value is -1.56. The maximum Gasteiger partial charge on any atom is 0.416 e. The molecule has 2 atom stereocenters. The van der Waals surface area contributed by atoms with Gasteiger partial charge in [0.1, 0.15) is 0 Å². The summed E-state index contributed by atoms with van der Waals surface area (Å²) in [6.45, 7) is 2.33. The minimum absolute atomic E-state index is 0. The molecule has 0 aromatic heterocycles. The highest BCUT2D eigenvalue weighted by Gasteiger charge is 2.42. The van der Waals surface area contributed by atoms with E-state index < -0.39 is 11.7 Å². The largest absolute Gasteiger partial charge is 0.416 e. The monoisotopic (exact) mass is 369 g/mol. The van der Waals surface area contributed by atoms with E-state index in [0.717, 1.165) is 31.3 Å². The first-order valence-corrected chi connectivity index (χ1v) is 8.09. The smallest absolute Gasteiger partial charge is 0.371 e. The average Bonchev–Trinajstić information content (AvgIpc) is 2.97. The van der Waals surface area contributed by atoms with Gasteiger partial charge in [-0.25, -0.2) is 0 Å². The molecule has 2 aliphatic heterocycles. The van der Waals surface area contributed by atoms with Crippen molar-refractivity contribution in [3.63, 3.8) is 0 Å². The molecule has 2 aromatic carbocycles. The van der Waals surface area contributed by atoms with Gasteiger partial charge in [-0.05, 0) is 22.8 Å². The number of benzene rings is 2. The molecule has 134 valence electrons. The van der Waals surface area contributed by atoms with Crippen molar-refractivity contribution in [3.05, 3.63) is 70.8 Å². The van der Waals surface area contributed by atoms with Gasteiger partial charge >= 0.3 is 6.18 Å². The van der Waals surface area contributed by atoms with Gasteiger partial charge in [-0.3, -0.25) is 4.90 Å². The fourth-order valence-electron chi connectivity index (χ4n) is 3.86. The zero-order chi connectivity index (χ0) is 16.7. The second-order valence-electron chi connectivity index (χ2n) is 6.51. The van der Waals surface area contributed by atoms with Crippen LogP contribution in [0.2, 0.25) is 0 Å². The minimum atomic E-state index is -4.33. The highest BCUT2D eigenvalue weighted by molar-refractivity contribution is 5.85. The van der Waals surface area contributed by atoms with Crippen molar-refractivity contribution < 1.29 is 17.9 Å². The van der Waals surface area contributed by atoms with E-state index in [2.05, 4.69) is 17.0 Å². The normalized spacial score (nSPS) is 22.8. The molecule has 2 aliphatic rings. The van der Waals surface area contributed by atoms with E-state index in [1.165, 1.54) is 11.6 Å². The van der Waals surface area contributed by atoms with Crippen molar-refractivity contribution in [2.75, 3.05) is 13.1 Å². The SMILES string of the molecule is Cl.FC(F)(F)c1cccc2c1CO[C@H]1CN(Cc3ccccc3)C[C@@H]21. The Bertz CT molecular complexity index is 735. The summed E-state index contributed by atoms with van der Waals surface area (Å²) in [6, 6.07) is 14.6. The number of likely N-dealkylation sites (tertiary alicyclic amines) is 1. The fraction of sp³-hybridized carbons (Fsp3) is 0.368. The average molecular weight is 370 g/mol. The maximum atomic E-state index is 13.2. The molecule has 0 bridgehead atoms. The van der Waals surface area contributed by atoms with Crippen molar-refractivity contribution >= 4 is 12.4 Å². The molecule has 2 heterocycles. The van der Waals surface area contributed by atoms with Crippen LogP contribution < -0.4 is 0 Å². The summed E-state index contributed by atoms with van der Waals surface area (Å²) in [5, 5.41) is 0. The molecule has 1 saturated heterocycles. The van der Waals surface area contributed by atoms with Crippen molar-refractivity contribution in [1.29, 1.82) is 0 Å². The molecular weight excluding hydrogens is 351 g/mol. The zero-order valence-electron chi connectivity index (χ0n) is 13.5. The van der Waals surface area contributed by atoms with Crippen molar-refractivity contribution in [2.45, 2.75) is 31.3 Å². The Morgan fingerprint density at radius 2 is 1.76 bits per heavy atom. The maximum absolute atomic E-state index is 13.2. The number of nitrogens with zero attached hydrogens (tertiary/aromatic N) is 1. The van der Waals surface area contributed by atoms with Crippen LogP contribution in [0, 0.1) is 0 Å². The van der Waals surface area contributed by atoms with Gasteiger partial charge in [0.15, 0.2) is 0 Å². The van der Waals surface area contributed by atoms with E-state index in [0.29, 0.717) is 5.56 Å². The molecule has 0 aliphatic carbocycles. The van der Waals surface area contributed by atoms with Gasteiger partial charge in [0.05, 0.1) is 18.3 Å². The highest BCUT2D eigenvalue weighted by Crippen LogP contribution is 2.42. The molecule has 0 saturated carbocycles. The molecular formula is C19H19ClF3NO. The second kappa shape index (κ2) is 6.98. The van der Waals surface area contributed by atoms with Crippen LogP contribution >= 0.6 is 12.4 Å². The Balaban J connectivity index is 0.00000182. The second-order valence-corrected chi connectivity index (χ2v) is 6.51. The van der Waals surface area contributed by atoms with Crippen molar-refractivity contribution in [2.24, 2.45) is 0 Å². The molecule has 4 rings (SSSR count). The van der Waals surface area contributed by atoms with Crippen LogP contribution in [-0.4, -0.2) is 24.1 Å². The van der Waals surface area contributed by atoms with Gasteiger partial charge in [-0.2, -0.15) is 13.2 Å². The Morgan fingerprint density at radius 1 is 1.00 bits per heavy atom. The van der Waals surface area contributed by atoms with Crippen LogP contribution in [-0.2, 0) is 24.1 Å². The third kappa shape index (κ3) is 3.54. The van der Waals surface area contributed by atoms with E-state index in [4.69, 9.17) is 4.74 Å². The van der Waals surface area contributed by atoms with Crippen molar-refractivity contribution in [3.8, 4) is 0 Å². The molecule has 0 radical (unpaired) electrons. The number of ether oxygens (including phenoxy) is 1. The standard InChI is InChI=1S/C19H18F3NO.ClH/c20-19(21,22)17-8-4-7-14-15-10-23(9-13-5-2-1-3-6-13)11-18(15)24-12-16(14)17;/h1-8,15,18H,9-12H2;1H/t15-,18-;/m0./s1. The Morgan fingerprint density at radius 3 is 2.48 bits per heavy atom. The summed E-state index contributed by atoms with van der Waals surface area (Å²) in [6.07, 6.45) is -4.35. The lowest BCUT2D eigenvalue weighted by atomic mass is 9.87. The molecule has 25 heavy (non-hydrogen) atoms. The zero-order valence-corrected chi connectivity index (χ0v) is 14.3. The first-order chi connectivity index (χ1) is 11.5. The molecule has 2 aromatic rings. The summed E-state index contributed by atoms with van der Waals surface area (Å²) in [5.74, 6) is 0.0137. The lowest BCUT2D eigenvalue weighted by Crippen LogP contribution is -2.28. The van der Waals surface area contributed by atoms with Crippen LogP contribution in [0.5, 0.6) is 0 Å². The van der Waals surface area contributed by atoms with Gasteiger partial charge < -0.3 is 4.74 Å². The highest BCUT2D eigenvalue weighted by atomic mass is 35.5. The Kier molecular flexibility index (Phi) is 5.09. The first kappa shape index (κ1) is 18.2.